The smallest absolute Gasteiger partial charge is 0.115 e. The van der Waals surface area contributed by atoms with Crippen LogP contribution in [0, 0.1) is 5.92 Å². The van der Waals surface area contributed by atoms with Gasteiger partial charge in [0.15, 0.2) is 0 Å². The van der Waals surface area contributed by atoms with Crippen molar-refractivity contribution in [2.75, 3.05) is 33.2 Å². The SMILES string of the molecule is CC1CN(CCN(C)C2CCCCC2)CCC1(C)c1cccc(O)c1. The first kappa shape index (κ1) is 18.7. The summed E-state index contributed by atoms with van der Waals surface area (Å²) in [4.78, 5) is 5.25. The second-order valence-electron chi connectivity index (χ2n) is 8.69. The van der Waals surface area contributed by atoms with E-state index < -0.39 is 0 Å². The van der Waals surface area contributed by atoms with Crippen molar-refractivity contribution in [1.29, 1.82) is 0 Å². The first-order chi connectivity index (χ1) is 12.0. The van der Waals surface area contributed by atoms with Gasteiger partial charge in [-0.3, -0.25) is 0 Å². The van der Waals surface area contributed by atoms with Gasteiger partial charge in [-0.2, -0.15) is 0 Å². The minimum Gasteiger partial charge on any atom is -0.508 e. The Balaban J connectivity index is 1.53. The molecule has 1 heterocycles. The quantitative estimate of drug-likeness (QED) is 0.865. The second-order valence-corrected chi connectivity index (χ2v) is 8.69. The summed E-state index contributed by atoms with van der Waals surface area (Å²) in [5.74, 6) is 0.991. The first-order valence-corrected chi connectivity index (χ1v) is 10.2. The molecule has 3 heteroatoms. The van der Waals surface area contributed by atoms with E-state index in [1.54, 1.807) is 6.07 Å². The van der Waals surface area contributed by atoms with E-state index in [1.807, 2.05) is 12.1 Å². The van der Waals surface area contributed by atoms with Gasteiger partial charge in [0.2, 0.25) is 0 Å². The van der Waals surface area contributed by atoms with Gasteiger partial charge in [0, 0.05) is 25.7 Å². The molecule has 2 aliphatic rings. The average molecular weight is 345 g/mol. The zero-order chi connectivity index (χ0) is 17.9. The lowest BCUT2D eigenvalue weighted by molar-refractivity contribution is 0.0916. The van der Waals surface area contributed by atoms with Gasteiger partial charge in [-0.15, -0.1) is 0 Å². The van der Waals surface area contributed by atoms with E-state index in [0.29, 0.717) is 11.7 Å². The average Bonchev–Trinajstić information content (AvgIpc) is 2.63. The summed E-state index contributed by atoms with van der Waals surface area (Å²) < 4.78 is 0. The van der Waals surface area contributed by atoms with Crippen molar-refractivity contribution >= 4 is 0 Å². The zero-order valence-corrected chi connectivity index (χ0v) is 16.4. The van der Waals surface area contributed by atoms with E-state index in [1.165, 1.54) is 57.2 Å². The van der Waals surface area contributed by atoms with Gasteiger partial charge >= 0.3 is 0 Å². The molecule has 25 heavy (non-hydrogen) atoms. The van der Waals surface area contributed by atoms with E-state index in [9.17, 15) is 5.11 Å². The molecule has 0 spiro atoms. The summed E-state index contributed by atoms with van der Waals surface area (Å²) in [5, 5.41) is 9.85. The largest absolute Gasteiger partial charge is 0.508 e. The Morgan fingerprint density at radius 1 is 1.24 bits per heavy atom. The number of phenols is 1. The fourth-order valence-electron chi connectivity index (χ4n) is 4.81. The van der Waals surface area contributed by atoms with E-state index in [-0.39, 0.29) is 5.41 Å². The van der Waals surface area contributed by atoms with Crippen LogP contribution in [0.15, 0.2) is 24.3 Å². The first-order valence-electron chi connectivity index (χ1n) is 10.2. The van der Waals surface area contributed by atoms with Crippen LogP contribution in [0.4, 0.5) is 0 Å². The van der Waals surface area contributed by atoms with Crippen LogP contribution in [0.3, 0.4) is 0 Å². The number of hydrogen-bond donors (Lipinski definition) is 1. The molecule has 1 saturated heterocycles. The maximum absolute atomic E-state index is 9.85. The summed E-state index contributed by atoms with van der Waals surface area (Å²) in [7, 11) is 2.32. The third kappa shape index (κ3) is 4.38. The van der Waals surface area contributed by atoms with E-state index >= 15 is 0 Å². The van der Waals surface area contributed by atoms with Crippen molar-refractivity contribution in [2.24, 2.45) is 5.92 Å². The van der Waals surface area contributed by atoms with Crippen LogP contribution in [-0.2, 0) is 5.41 Å². The number of benzene rings is 1. The highest BCUT2D eigenvalue weighted by Crippen LogP contribution is 2.40. The van der Waals surface area contributed by atoms with Gasteiger partial charge in [-0.1, -0.05) is 45.2 Å². The Bertz CT molecular complexity index is 555. The molecular formula is C22H36N2O. The summed E-state index contributed by atoms with van der Waals surface area (Å²) in [6, 6.07) is 8.71. The highest BCUT2D eigenvalue weighted by Gasteiger charge is 2.38. The lowest BCUT2D eigenvalue weighted by atomic mass is 9.68. The maximum Gasteiger partial charge on any atom is 0.115 e. The van der Waals surface area contributed by atoms with Gasteiger partial charge in [0.1, 0.15) is 5.75 Å². The van der Waals surface area contributed by atoms with Crippen LogP contribution >= 0.6 is 0 Å². The normalized spacial score (nSPS) is 29.2. The molecule has 2 fully saturated rings. The van der Waals surface area contributed by atoms with Crippen LogP contribution in [0.2, 0.25) is 0 Å². The molecule has 3 rings (SSSR count). The number of aromatic hydroxyl groups is 1. The third-order valence-corrected chi connectivity index (χ3v) is 7.04. The van der Waals surface area contributed by atoms with E-state index in [4.69, 9.17) is 0 Å². The number of hydrogen-bond acceptors (Lipinski definition) is 3. The molecule has 1 N–H and O–H groups in total. The molecule has 1 aliphatic heterocycles. The Morgan fingerprint density at radius 2 is 2.00 bits per heavy atom. The highest BCUT2D eigenvalue weighted by molar-refractivity contribution is 5.33. The number of rotatable bonds is 5. The predicted molar refractivity (Wildman–Crippen MR) is 105 cm³/mol. The predicted octanol–water partition coefficient (Wildman–Crippen LogP) is 4.26. The van der Waals surface area contributed by atoms with Gasteiger partial charge in [0.05, 0.1) is 0 Å². The van der Waals surface area contributed by atoms with Gasteiger partial charge < -0.3 is 14.9 Å². The highest BCUT2D eigenvalue weighted by atomic mass is 16.3. The van der Waals surface area contributed by atoms with Crippen LogP contribution < -0.4 is 0 Å². The maximum atomic E-state index is 9.85. The molecule has 140 valence electrons. The summed E-state index contributed by atoms with van der Waals surface area (Å²) in [5.41, 5.74) is 1.46. The number of likely N-dealkylation sites (N-methyl/N-ethyl adjacent to an activating group) is 1. The molecule has 0 amide bonds. The third-order valence-electron chi connectivity index (χ3n) is 7.04. The van der Waals surface area contributed by atoms with E-state index in [2.05, 4.69) is 36.8 Å². The molecule has 2 unspecified atom stereocenters. The Kier molecular flexibility index (Phi) is 6.06. The number of piperidine rings is 1. The van der Waals surface area contributed by atoms with Crippen molar-refractivity contribution in [2.45, 2.75) is 63.8 Å². The lowest BCUT2D eigenvalue weighted by Crippen LogP contribution is -2.49. The second kappa shape index (κ2) is 8.09. The van der Waals surface area contributed by atoms with Gasteiger partial charge in [-0.05, 0) is 61.9 Å². The van der Waals surface area contributed by atoms with Crippen molar-refractivity contribution in [1.82, 2.24) is 9.80 Å². The summed E-state index contributed by atoms with van der Waals surface area (Å²) in [6.45, 7) is 9.45. The molecule has 0 aromatic heterocycles. The molecular weight excluding hydrogens is 308 g/mol. The molecule has 1 aliphatic carbocycles. The topological polar surface area (TPSA) is 26.7 Å². The van der Waals surface area contributed by atoms with Crippen LogP contribution in [0.5, 0.6) is 5.75 Å². The van der Waals surface area contributed by atoms with Crippen molar-refractivity contribution in [3.05, 3.63) is 29.8 Å². The molecule has 3 nitrogen and oxygen atoms in total. The zero-order valence-electron chi connectivity index (χ0n) is 16.4. The molecule has 0 bridgehead atoms. The van der Waals surface area contributed by atoms with Crippen molar-refractivity contribution < 1.29 is 5.11 Å². The summed E-state index contributed by atoms with van der Waals surface area (Å²) >= 11 is 0. The minimum absolute atomic E-state index is 0.171. The molecule has 0 radical (unpaired) electrons. The monoisotopic (exact) mass is 344 g/mol. The Morgan fingerprint density at radius 3 is 2.68 bits per heavy atom. The molecule has 1 saturated carbocycles. The number of likely N-dealkylation sites (tertiary alicyclic amines) is 1. The fourth-order valence-corrected chi connectivity index (χ4v) is 4.81. The van der Waals surface area contributed by atoms with Crippen LogP contribution in [0.1, 0.15) is 57.9 Å². The van der Waals surface area contributed by atoms with Crippen molar-refractivity contribution in [3.63, 3.8) is 0 Å². The van der Waals surface area contributed by atoms with Gasteiger partial charge in [-0.25, -0.2) is 0 Å². The van der Waals surface area contributed by atoms with Crippen LogP contribution in [-0.4, -0.2) is 54.2 Å². The van der Waals surface area contributed by atoms with Crippen molar-refractivity contribution in [3.8, 4) is 5.75 Å². The van der Waals surface area contributed by atoms with Gasteiger partial charge in [0.25, 0.3) is 0 Å². The Labute approximate surface area is 154 Å². The lowest BCUT2D eigenvalue weighted by Gasteiger charge is -2.45. The number of nitrogens with zero attached hydrogens (tertiary/aromatic N) is 2. The number of phenolic OH excluding ortho intramolecular Hbond substituents is 1. The fraction of sp³-hybridized carbons (Fsp3) is 0.727. The van der Waals surface area contributed by atoms with Crippen LogP contribution in [0.25, 0.3) is 0 Å². The van der Waals surface area contributed by atoms with E-state index in [0.717, 1.165) is 19.1 Å². The Hall–Kier alpha value is -1.06. The summed E-state index contributed by atoms with van der Waals surface area (Å²) in [6.07, 6.45) is 8.22. The molecule has 2 atom stereocenters. The molecule has 1 aromatic carbocycles. The molecule has 1 aromatic rings. The standard InChI is InChI=1S/C22H36N2O/c1-18-17-24(15-14-23(3)20-9-5-4-6-10-20)13-12-22(18,2)19-8-7-11-21(25)16-19/h7-8,11,16,18,20,25H,4-6,9-10,12-15,17H2,1-3H3. The minimum atomic E-state index is 0.171.